The molecule has 4 heteroatoms. The molecule has 0 fully saturated rings. The van der Waals surface area contributed by atoms with E-state index >= 15 is 0 Å². The lowest BCUT2D eigenvalue weighted by atomic mass is 9.97. The number of aromatic hydroxyl groups is 1. The lowest BCUT2D eigenvalue weighted by Gasteiger charge is -2.10. The fraction of sp³-hybridized carbons (Fsp3) is 0.457. The number of carboxylic acid groups (broad SMARTS) is 1. The molecule has 1 aliphatic rings. The smallest absolute Gasteiger partial charge is 0.303 e. The van der Waals surface area contributed by atoms with E-state index < -0.39 is 5.97 Å². The molecule has 0 aliphatic heterocycles. The largest absolute Gasteiger partial charge is 0.508 e. The van der Waals surface area contributed by atoms with Crippen molar-refractivity contribution in [2.45, 2.75) is 91.4 Å². The van der Waals surface area contributed by atoms with Crippen molar-refractivity contribution in [3.8, 4) is 5.75 Å². The summed E-state index contributed by atoms with van der Waals surface area (Å²) in [7, 11) is 0. The van der Waals surface area contributed by atoms with Crippen molar-refractivity contribution in [2.24, 2.45) is 5.92 Å². The van der Waals surface area contributed by atoms with Gasteiger partial charge in [-0.1, -0.05) is 90.1 Å². The van der Waals surface area contributed by atoms with Gasteiger partial charge in [0.05, 0.1) is 0 Å². The molecular weight excluding hydrogens is 482 g/mol. The molecule has 3 aromatic rings. The molecule has 0 heterocycles. The summed E-state index contributed by atoms with van der Waals surface area (Å²) in [5.41, 5.74) is 6.84. The van der Waals surface area contributed by atoms with Crippen LogP contribution in [0.25, 0.3) is 0 Å². The summed E-state index contributed by atoms with van der Waals surface area (Å²) in [6, 6.07) is 24.6. The van der Waals surface area contributed by atoms with E-state index in [0.717, 1.165) is 30.4 Å². The zero-order valence-electron chi connectivity index (χ0n) is 24.8. The molecule has 4 unspecified atom stereocenters. The van der Waals surface area contributed by atoms with Crippen molar-refractivity contribution >= 4 is 11.7 Å². The molecular formula is C35H49NO3. The quantitative estimate of drug-likeness (QED) is 0.241. The van der Waals surface area contributed by atoms with Gasteiger partial charge in [0.15, 0.2) is 0 Å². The molecule has 0 bridgehead atoms. The molecule has 3 N–H and O–H groups in total. The second-order valence-electron chi connectivity index (χ2n) is 10.9. The average Bonchev–Trinajstić information content (AvgIpc) is 3.24. The van der Waals surface area contributed by atoms with E-state index in [1.165, 1.54) is 17.5 Å². The molecule has 0 spiro atoms. The van der Waals surface area contributed by atoms with Crippen LogP contribution in [0.5, 0.6) is 5.75 Å². The number of hydrogen-bond donors (Lipinski definition) is 3. The Hall–Kier alpha value is -3.27. The standard InChI is InChI=1S/C14H21NO2.C11H14.C10H14O/c1-3-11(2)12-6-8-13(9-7-12)15-10-4-5-14(16)17;1-8-7-10-5-3-4-6-11(10)9(8)2;1-3-8(2)9-4-6-10(11)7-5-9/h6-9,11,15H,3-5,10H2,1-2H3,(H,16,17);3-6,8-9H,7H2,1-2H3;4-8,11H,3H2,1-2H3. The summed E-state index contributed by atoms with van der Waals surface area (Å²) in [4.78, 5) is 10.3. The number of rotatable bonds is 9. The number of phenols is 1. The fourth-order valence-electron chi connectivity index (χ4n) is 4.67. The van der Waals surface area contributed by atoms with E-state index in [2.05, 4.69) is 95.4 Å². The average molecular weight is 532 g/mol. The van der Waals surface area contributed by atoms with Gasteiger partial charge in [-0.2, -0.15) is 0 Å². The second kappa shape index (κ2) is 16.6. The van der Waals surface area contributed by atoms with Gasteiger partial charge < -0.3 is 15.5 Å². The zero-order valence-corrected chi connectivity index (χ0v) is 24.8. The second-order valence-corrected chi connectivity index (χ2v) is 10.9. The molecule has 4 rings (SSSR count). The number of carboxylic acids is 1. The first kappa shape index (κ1) is 31.9. The molecule has 39 heavy (non-hydrogen) atoms. The van der Waals surface area contributed by atoms with E-state index in [1.807, 2.05) is 12.1 Å². The number of benzene rings is 3. The van der Waals surface area contributed by atoms with Crippen molar-refractivity contribution < 1.29 is 15.0 Å². The van der Waals surface area contributed by atoms with Gasteiger partial charge in [0.1, 0.15) is 5.75 Å². The summed E-state index contributed by atoms with van der Waals surface area (Å²) in [6.07, 6.45) is 4.44. The predicted molar refractivity (Wildman–Crippen MR) is 165 cm³/mol. The highest BCUT2D eigenvalue weighted by molar-refractivity contribution is 5.66. The maximum Gasteiger partial charge on any atom is 0.303 e. The fourth-order valence-corrected chi connectivity index (χ4v) is 4.67. The summed E-state index contributed by atoms with van der Waals surface area (Å²) in [5, 5.41) is 20.7. The number of phenolic OH excluding ortho intramolecular Hbond substituents is 1. The number of carbonyl (C=O) groups is 1. The molecule has 3 aromatic carbocycles. The van der Waals surface area contributed by atoms with Gasteiger partial charge in [-0.25, -0.2) is 0 Å². The molecule has 4 nitrogen and oxygen atoms in total. The molecule has 212 valence electrons. The first-order chi connectivity index (χ1) is 18.7. The summed E-state index contributed by atoms with van der Waals surface area (Å²) in [6.45, 7) is 14.1. The highest BCUT2D eigenvalue weighted by Gasteiger charge is 2.24. The van der Waals surface area contributed by atoms with Crippen LogP contribution in [0.1, 0.15) is 107 Å². The summed E-state index contributed by atoms with van der Waals surface area (Å²) in [5.74, 6) is 2.40. The van der Waals surface area contributed by atoms with Crippen molar-refractivity contribution in [2.75, 3.05) is 11.9 Å². The molecule has 0 aromatic heterocycles. The predicted octanol–water partition coefficient (Wildman–Crippen LogP) is 9.36. The van der Waals surface area contributed by atoms with E-state index in [4.69, 9.17) is 10.2 Å². The third-order valence-corrected chi connectivity index (χ3v) is 8.00. The maximum absolute atomic E-state index is 10.3. The van der Waals surface area contributed by atoms with Gasteiger partial charge in [0, 0.05) is 18.7 Å². The first-order valence-corrected chi connectivity index (χ1v) is 14.6. The Morgan fingerprint density at radius 1 is 0.872 bits per heavy atom. The van der Waals surface area contributed by atoms with Crippen LogP contribution in [0, 0.1) is 5.92 Å². The minimum atomic E-state index is -0.737. The summed E-state index contributed by atoms with van der Waals surface area (Å²) >= 11 is 0. The SMILES string of the molecule is CC1Cc2ccccc2C1C.CCC(C)c1ccc(NCCCC(=O)O)cc1.CCC(C)c1ccc(O)cc1. The number of fused-ring (bicyclic) bond motifs is 1. The van der Waals surface area contributed by atoms with Gasteiger partial charge in [0.25, 0.3) is 0 Å². The number of aliphatic carboxylic acids is 1. The number of hydrogen-bond acceptors (Lipinski definition) is 3. The minimum Gasteiger partial charge on any atom is -0.508 e. The van der Waals surface area contributed by atoms with Gasteiger partial charge >= 0.3 is 5.97 Å². The van der Waals surface area contributed by atoms with Crippen LogP contribution in [0.15, 0.2) is 72.8 Å². The van der Waals surface area contributed by atoms with E-state index in [9.17, 15) is 4.79 Å². The lowest BCUT2D eigenvalue weighted by molar-refractivity contribution is -0.137. The van der Waals surface area contributed by atoms with Crippen molar-refractivity contribution in [3.63, 3.8) is 0 Å². The van der Waals surface area contributed by atoms with Gasteiger partial charge in [-0.15, -0.1) is 0 Å². The van der Waals surface area contributed by atoms with Crippen LogP contribution < -0.4 is 5.32 Å². The lowest BCUT2D eigenvalue weighted by Crippen LogP contribution is -2.04. The summed E-state index contributed by atoms with van der Waals surface area (Å²) < 4.78 is 0. The van der Waals surface area contributed by atoms with E-state index in [0.29, 0.717) is 30.6 Å². The van der Waals surface area contributed by atoms with Gasteiger partial charge in [0.2, 0.25) is 0 Å². The van der Waals surface area contributed by atoms with E-state index in [-0.39, 0.29) is 6.42 Å². The zero-order chi connectivity index (χ0) is 28.8. The Labute approximate surface area is 236 Å². The van der Waals surface area contributed by atoms with Crippen LogP contribution in [-0.4, -0.2) is 22.7 Å². The molecule has 0 saturated carbocycles. The number of nitrogens with one attached hydrogen (secondary N) is 1. The van der Waals surface area contributed by atoms with Crippen molar-refractivity contribution in [1.82, 2.24) is 0 Å². The van der Waals surface area contributed by atoms with Gasteiger partial charge in [-0.05, 0) is 95.9 Å². The van der Waals surface area contributed by atoms with Crippen molar-refractivity contribution in [3.05, 3.63) is 95.1 Å². The van der Waals surface area contributed by atoms with Crippen LogP contribution in [0.4, 0.5) is 5.69 Å². The topological polar surface area (TPSA) is 69.6 Å². The minimum absolute atomic E-state index is 0.220. The maximum atomic E-state index is 10.3. The molecule has 0 radical (unpaired) electrons. The molecule has 0 saturated heterocycles. The normalized spacial score (nSPS) is 17.0. The Morgan fingerprint density at radius 2 is 1.41 bits per heavy atom. The van der Waals surface area contributed by atoms with Crippen LogP contribution in [-0.2, 0) is 11.2 Å². The van der Waals surface area contributed by atoms with Crippen molar-refractivity contribution in [1.29, 1.82) is 0 Å². The number of anilines is 1. The molecule has 4 atom stereocenters. The molecule has 1 aliphatic carbocycles. The Bertz CT molecular complexity index is 1110. The Morgan fingerprint density at radius 3 is 1.92 bits per heavy atom. The Balaban J connectivity index is 0.000000213. The highest BCUT2D eigenvalue weighted by atomic mass is 16.4. The highest BCUT2D eigenvalue weighted by Crippen LogP contribution is 2.36. The van der Waals surface area contributed by atoms with Gasteiger partial charge in [-0.3, -0.25) is 4.79 Å². The first-order valence-electron chi connectivity index (χ1n) is 14.6. The molecule has 0 amide bonds. The Kier molecular flexibility index (Phi) is 13.6. The van der Waals surface area contributed by atoms with E-state index in [1.54, 1.807) is 23.3 Å². The van der Waals surface area contributed by atoms with Crippen LogP contribution in [0.3, 0.4) is 0 Å². The van der Waals surface area contributed by atoms with Crippen LogP contribution >= 0.6 is 0 Å². The third-order valence-electron chi connectivity index (χ3n) is 8.00. The monoisotopic (exact) mass is 531 g/mol. The third kappa shape index (κ3) is 10.8. The van der Waals surface area contributed by atoms with Crippen LogP contribution in [0.2, 0.25) is 0 Å².